The average Bonchev–Trinajstić information content (AvgIpc) is 2.08. The molecule has 1 nitrogen and oxygen atoms in total. The quantitative estimate of drug-likeness (QED) is 0.624. The summed E-state index contributed by atoms with van der Waals surface area (Å²) in [5.74, 6) is 0. The molecule has 1 aromatic rings. The van der Waals surface area contributed by atoms with E-state index in [1.807, 2.05) is 0 Å². The van der Waals surface area contributed by atoms with Crippen LogP contribution in [-0.2, 0) is 5.41 Å². The van der Waals surface area contributed by atoms with Crippen LogP contribution >= 0.6 is 25.3 Å². The van der Waals surface area contributed by atoms with Gasteiger partial charge in [-0.05, 0) is 37.8 Å². The predicted octanol–water partition coefficient (Wildman–Crippen LogP) is 4.77. The molecule has 0 aliphatic carbocycles. The van der Waals surface area contributed by atoms with Crippen LogP contribution in [0, 0.1) is 0 Å². The zero-order valence-electron chi connectivity index (χ0n) is 11.5. The van der Waals surface area contributed by atoms with E-state index in [2.05, 4.69) is 84.2 Å². The Bertz CT molecular complexity index is 411. The summed E-state index contributed by atoms with van der Waals surface area (Å²) in [6, 6.07) is 4.23. The summed E-state index contributed by atoms with van der Waals surface area (Å²) in [7, 11) is 0. The minimum atomic E-state index is 0.0287. The molecule has 0 amide bonds. The highest BCUT2D eigenvalue weighted by atomic mass is 32.1. The summed E-state index contributed by atoms with van der Waals surface area (Å²) < 4.78 is 0. The van der Waals surface area contributed by atoms with Crippen molar-refractivity contribution in [2.24, 2.45) is 0 Å². The molecule has 0 aliphatic heterocycles. The van der Waals surface area contributed by atoms with Crippen LogP contribution in [0.15, 0.2) is 21.9 Å². The van der Waals surface area contributed by atoms with Crippen molar-refractivity contribution in [3.05, 3.63) is 17.7 Å². The highest BCUT2D eigenvalue weighted by Crippen LogP contribution is 2.37. The SMILES string of the molecule is CC(C)(C)Nc1ccc(C(C)(C)C)c(S)c1S. The maximum atomic E-state index is 4.61. The fourth-order valence-corrected chi connectivity index (χ4v) is 2.47. The van der Waals surface area contributed by atoms with Gasteiger partial charge in [0.1, 0.15) is 0 Å². The number of rotatable bonds is 1. The first-order chi connectivity index (χ1) is 7.52. The van der Waals surface area contributed by atoms with Crippen LogP contribution in [-0.4, -0.2) is 5.54 Å². The van der Waals surface area contributed by atoms with Gasteiger partial charge in [-0.25, -0.2) is 0 Å². The first-order valence-corrected chi connectivity index (χ1v) is 6.75. The van der Waals surface area contributed by atoms with E-state index in [1.54, 1.807) is 0 Å². The Morgan fingerprint density at radius 1 is 0.882 bits per heavy atom. The molecule has 0 saturated heterocycles. The molecule has 0 aliphatic rings. The molecule has 0 saturated carbocycles. The lowest BCUT2D eigenvalue weighted by Gasteiger charge is -2.27. The molecule has 0 radical (unpaired) electrons. The Kier molecular flexibility index (Phi) is 4.15. The highest BCUT2D eigenvalue weighted by Gasteiger charge is 2.20. The van der Waals surface area contributed by atoms with Crippen molar-refractivity contribution >= 4 is 30.9 Å². The van der Waals surface area contributed by atoms with Crippen LogP contribution in [0.5, 0.6) is 0 Å². The predicted molar refractivity (Wildman–Crippen MR) is 83.0 cm³/mol. The summed E-state index contributed by atoms with van der Waals surface area (Å²) in [6.07, 6.45) is 0. The second-order valence-electron chi connectivity index (χ2n) is 6.48. The van der Waals surface area contributed by atoms with E-state index in [1.165, 1.54) is 5.56 Å². The summed E-state index contributed by atoms with van der Waals surface area (Å²) in [5, 5.41) is 3.44. The molecule has 0 spiro atoms. The van der Waals surface area contributed by atoms with E-state index in [9.17, 15) is 0 Å². The molecular weight excluding hydrogens is 246 g/mol. The van der Waals surface area contributed by atoms with Crippen LogP contribution in [0.2, 0.25) is 0 Å². The third-order valence-electron chi connectivity index (χ3n) is 2.47. The van der Waals surface area contributed by atoms with Crippen molar-refractivity contribution < 1.29 is 0 Å². The van der Waals surface area contributed by atoms with Gasteiger partial charge in [-0.3, -0.25) is 0 Å². The van der Waals surface area contributed by atoms with E-state index in [0.717, 1.165) is 15.5 Å². The smallest absolute Gasteiger partial charge is 0.0491 e. The molecule has 96 valence electrons. The molecule has 17 heavy (non-hydrogen) atoms. The minimum absolute atomic E-state index is 0.0287. The van der Waals surface area contributed by atoms with E-state index >= 15 is 0 Å². The maximum absolute atomic E-state index is 4.61. The average molecular weight is 269 g/mol. The Hall–Kier alpha value is -0.280. The van der Waals surface area contributed by atoms with Gasteiger partial charge in [-0.15, -0.1) is 25.3 Å². The Labute approximate surface area is 116 Å². The van der Waals surface area contributed by atoms with E-state index in [0.29, 0.717) is 0 Å². The standard InChI is InChI=1S/C14H23NS2/c1-13(2,3)9-7-8-10(12(17)11(9)16)15-14(4,5)6/h7-8,15-17H,1-6H3. The Morgan fingerprint density at radius 2 is 1.41 bits per heavy atom. The van der Waals surface area contributed by atoms with Gasteiger partial charge in [-0.2, -0.15) is 0 Å². The third-order valence-corrected chi connectivity index (χ3v) is 3.57. The van der Waals surface area contributed by atoms with Gasteiger partial charge < -0.3 is 5.32 Å². The monoisotopic (exact) mass is 269 g/mol. The van der Waals surface area contributed by atoms with Crippen LogP contribution in [0.1, 0.15) is 47.1 Å². The zero-order chi connectivity index (χ0) is 13.4. The summed E-state index contributed by atoms with van der Waals surface area (Å²) in [5.41, 5.74) is 2.39. The Balaban J connectivity index is 3.21. The van der Waals surface area contributed by atoms with E-state index in [-0.39, 0.29) is 11.0 Å². The van der Waals surface area contributed by atoms with Gasteiger partial charge in [-0.1, -0.05) is 26.8 Å². The van der Waals surface area contributed by atoms with E-state index < -0.39 is 0 Å². The lowest BCUT2D eigenvalue weighted by atomic mass is 9.87. The first kappa shape index (κ1) is 14.8. The maximum Gasteiger partial charge on any atom is 0.0491 e. The lowest BCUT2D eigenvalue weighted by Crippen LogP contribution is -2.26. The number of hydrogen-bond acceptors (Lipinski definition) is 3. The molecule has 1 N–H and O–H groups in total. The molecular formula is C14H23NS2. The van der Waals surface area contributed by atoms with Crippen molar-refractivity contribution in [2.75, 3.05) is 5.32 Å². The van der Waals surface area contributed by atoms with Crippen molar-refractivity contribution in [3.63, 3.8) is 0 Å². The Morgan fingerprint density at radius 3 is 1.82 bits per heavy atom. The van der Waals surface area contributed by atoms with Gasteiger partial charge in [0.05, 0.1) is 0 Å². The number of thiol groups is 2. The molecule has 1 rings (SSSR count). The van der Waals surface area contributed by atoms with Crippen molar-refractivity contribution in [1.29, 1.82) is 0 Å². The molecule has 0 atom stereocenters. The van der Waals surface area contributed by atoms with Crippen LogP contribution in [0.3, 0.4) is 0 Å². The zero-order valence-corrected chi connectivity index (χ0v) is 13.3. The molecule has 0 heterocycles. The largest absolute Gasteiger partial charge is 0.380 e. The number of anilines is 1. The van der Waals surface area contributed by atoms with Gasteiger partial charge >= 0.3 is 0 Å². The number of nitrogens with one attached hydrogen (secondary N) is 1. The molecule has 0 aromatic heterocycles. The second kappa shape index (κ2) is 4.77. The second-order valence-corrected chi connectivity index (χ2v) is 7.38. The minimum Gasteiger partial charge on any atom is -0.380 e. The summed E-state index contributed by atoms with van der Waals surface area (Å²) >= 11 is 9.19. The summed E-state index contributed by atoms with van der Waals surface area (Å²) in [4.78, 5) is 1.89. The van der Waals surface area contributed by atoms with Crippen molar-refractivity contribution in [1.82, 2.24) is 0 Å². The normalized spacial score (nSPS) is 12.7. The third kappa shape index (κ3) is 3.85. The number of hydrogen-bond donors (Lipinski definition) is 3. The molecule has 3 heteroatoms. The van der Waals surface area contributed by atoms with E-state index in [4.69, 9.17) is 0 Å². The van der Waals surface area contributed by atoms with Crippen LogP contribution < -0.4 is 5.32 Å². The molecule has 0 fully saturated rings. The lowest BCUT2D eigenvalue weighted by molar-refractivity contribution is 0.574. The van der Waals surface area contributed by atoms with Crippen molar-refractivity contribution in [2.45, 2.75) is 62.3 Å². The van der Waals surface area contributed by atoms with Gasteiger partial charge in [0.25, 0.3) is 0 Å². The molecule has 0 bridgehead atoms. The van der Waals surface area contributed by atoms with Crippen LogP contribution in [0.25, 0.3) is 0 Å². The van der Waals surface area contributed by atoms with Gasteiger partial charge in [0.2, 0.25) is 0 Å². The topological polar surface area (TPSA) is 12.0 Å². The fourth-order valence-electron chi connectivity index (χ4n) is 1.69. The fraction of sp³-hybridized carbons (Fsp3) is 0.571. The van der Waals surface area contributed by atoms with Gasteiger partial charge in [0, 0.05) is 21.0 Å². The molecule has 0 unspecified atom stereocenters. The summed E-state index contributed by atoms with van der Waals surface area (Å²) in [6.45, 7) is 13.0. The highest BCUT2D eigenvalue weighted by molar-refractivity contribution is 7.83. The van der Waals surface area contributed by atoms with Crippen LogP contribution in [0.4, 0.5) is 5.69 Å². The molecule has 1 aromatic carbocycles. The first-order valence-electron chi connectivity index (χ1n) is 5.86. The van der Waals surface area contributed by atoms with Crippen molar-refractivity contribution in [3.8, 4) is 0 Å². The van der Waals surface area contributed by atoms with Gasteiger partial charge in [0.15, 0.2) is 0 Å². The number of benzene rings is 1.